The first kappa shape index (κ1) is 21.1. The standard InChI is InChI=1S/C22H26N2O4S/c1-27-14-13-23-21(26)20-17-5-3-4-6-18(17)29-22(20)24-19(25)12-9-15-7-10-16(28-2)11-8-15/h7-12H,3-6,13-14H2,1-2H3,(H,23,26)(H,24,25)/b12-9-. The molecule has 1 aromatic carbocycles. The predicted molar refractivity (Wildman–Crippen MR) is 116 cm³/mol. The maximum absolute atomic E-state index is 12.8. The van der Waals surface area contributed by atoms with Crippen molar-refractivity contribution in [1.29, 1.82) is 0 Å². The van der Waals surface area contributed by atoms with Crippen LogP contribution in [0.3, 0.4) is 0 Å². The zero-order valence-electron chi connectivity index (χ0n) is 16.7. The minimum Gasteiger partial charge on any atom is -0.497 e. The Bertz CT molecular complexity index is 887. The van der Waals surface area contributed by atoms with Gasteiger partial charge in [-0.2, -0.15) is 0 Å². The van der Waals surface area contributed by atoms with Gasteiger partial charge >= 0.3 is 0 Å². The summed E-state index contributed by atoms with van der Waals surface area (Å²) in [7, 11) is 3.21. The second kappa shape index (κ2) is 10.2. The number of rotatable bonds is 8. The summed E-state index contributed by atoms with van der Waals surface area (Å²) in [5.41, 5.74) is 2.57. The molecule has 2 N–H and O–H groups in total. The number of anilines is 1. The van der Waals surface area contributed by atoms with Crippen molar-refractivity contribution in [1.82, 2.24) is 5.32 Å². The van der Waals surface area contributed by atoms with E-state index in [0.29, 0.717) is 23.7 Å². The summed E-state index contributed by atoms with van der Waals surface area (Å²) in [6, 6.07) is 7.43. The maximum atomic E-state index is 12.8. The van der Waals surface area contributed by atoms with Crippen molar-refractivity contribution in [2.45, 2.75) is 25.7 Å². The Labute approximate surface area is 174 Å². The minimum atomic E-state index is -0.259. The summed E-state index contributed by atoms with van der Waals surface area (Å²) < 4.78 is 10.1. The van der Waals surface area contributed by atoms with E-state index < -0.39 is 0 Å². The van der Waals surface area contributed by atoms with E-state index in [9.17, 15) is 9.59 Å². The van der Waals surface area contributed by atoms with Crippen LogP contribution in [0.5, 0.6) is 5.75 Å². The van der Waals surface area contributed by atoms with Gasteiger partial charge in [-0.1, -0.05) is 12.1 Å². The molecular weight excluding hydrogens is 388 g/mol. The van der Waals surface area contributed by atoms with Crippen LogP contribution in [0.2, 0.25) is 0 Å². The van der Waals surface area contributed by atoms with Crippen LogP contribution in [0.15, 0.2) is 30.3 Å². The molecular formula is C22H26N2O4S. The number of methoxy groups -OCH3 is 2. The van der Waals surface area contributed by atoms with Crippen LogP contribution in [0.25, 0.3) is 6.08 Å². The average molecular weight is 415 g/mol. The Morgan fingerprint density at radius 3 is 2.62 bits per heavy atom. The Morgan fingerprint density at radius 2 is 1.90 bits per heavy atom. The summed E-state index contributed by atoms with van der Waals surface area (Å²) in [6.07, 6.45) is 7.22. The third-order valence-electron chi connectivity index (χ3n) is 4.77. The minimum absolute atomic E-state index is 0.157. The molecule has 6 nitrogen and oxygen atoms in total. The van der Waals surface area contributed by atoms with Gasteiger partial charge in [0.25, 0.3) is 5.91 Å². The number of hydrogen-bond acceptors (Lipinski definition) is 5. The highest BCUT2D eigenvalue weighted by molar-refractivity contribution is 7.17. The van der Waals surface area contributed by atoms with Crippen LogP contribution < -0.4 is 15.4 Å². The van der Waals surface area contributed by atoms with Crippen LogP contribution in [-0.2, 0) is 22.4 Å². The fraction of sp³-hybridized carbons (Fsp3) is 0.364. The summed E-state index contributed by atoms with van der Waals surface area (Å²) in [5.74, 6) is 0.348. The topological polar surface area (TPSA) is 76.7 Å². The summed E-state index contributed by atoms with van der Waals surface area (Å²) in [6.45, 7) is 0.884. The monoisotopic (exact) mass is 414 g/mol. The molecule has 0 saturated heterocycles. The lowest BCUT2D eigenvalue weighted by Gasteiger charge is -2.13. The molecule has 1 aliphatic rings. The number of fused-ring (bicyclic) bond motifs is 1. The second-order valence-corrected chi connectivity index (χ2v) is 7.86. The van der Waals surface area contributed by atoms with E-state index in [1.807, 2.05) is 24.3 Å². The van der Waals surface area contributed by atoms with Gasteiger partial charge in [-0.05, 0) is 55.0 Å². The highest BCUT2D eigenvalue weighted by Crippen LogP contribution is 2.38. The van der Waals surface area contributed by atoms with Crippen LogP contribution in [0.1, 0.15) is 39.2 Å². The van der Waals surface area contributed by atoms with Crippen molar-refractivity contribution >= 4 is 34.2 Å². The molecule has 29 heavy (non-hydrogen) atoms. The molecule has 1 aromatic heterocycles. The average Bonchev–Trinajstić information content (AvgIpc) is 3.10. The Kier molecular flexibility index (Phi) is 7.43. The first-order chi connectivity index (χ1) is 14.1. The molecule has 1 heterocycles. The van der Waals surface area contributed by atoms with Gasteiger partial charge in [-0.25, -0.2) is 0 Å². The Morgan fingerprint density at radius 1 is 1.14 bits per heavy atom. The van der Waals surface area contributed by atoms with Crippen LogP contribution in [-0.4, -0.2) is 39.2 Å². The molecule has 2 amide bonds. The number of benzene rings is 1. The molecule has 3 rings (SSSR count). The highest BCUT2D eigenvalue weighted by atomic mass is 32.1. The van der Waals surface area contributed by atoms with Gasteiger partial charge in [0.1, 0.15) is 10.8 Å². The van der Waals surface area contributed by atoms with Crippen LogP contribution in [0, 0.1) is 0 Å². The number of carbonyl (C=O) groups excluding carboxylic acids is 2. The molecule has 7 heteroatoms. The largest absolute Gasteiger partial charge is 0.497 e. The third kappa shape index (κ3) is 5.46. The van der Waals surface area contributed by atoms with Crippen LogP contribution >= 0.6 is 11.3 Å². The molecule has 1 aliphatic carbocycles. The second-order valence-electron chi connectivity index (χ2n) is 6.76. The Balaban J connectivity index is 1.74. The summed E-state index contributed by atoms with van der Waals surface area (Å²) >= 11 is 1.51. The van der Waals surface area contributed by atoms with Crippen molar-refractivity contribution < 1.29 is 19.1 Å². The summed E-state index contributed by atoms with van der Waals surface area (Å²) in [4.78, 5) is 26.4. The molecule has 0 radical (unpaired) electrons. The molecule has 0 unspecified atom stereocenters. The van der Waals surface area contributed by atoms with Crippen molar-refractivity contribution in [2.24, 2.45) is 0 Å². The SMILES string of the molecule is COCCNC(=O)c1c(NC(=O)/C=C\c2ccc(OC)cc2)sc2c1CCCC2. The first-order valence-electron chi connectivity index (χ1n) is 9.67. The van der Waals surface area contributed by atoms with Gasteiger partial charge < -0.3 is 20.1 Å². The molecule has 0 saturated carbocycles. The number of nitrogens with one attached hydrogen (secondary N) is 2. The van der Waals surface area contributed by atoms with Gasteiger partial charge in [0, 0.05) is 24.6 Å². The van der Waals surface area contributed by atoms with Crippen molar-refractivity contribution in [3.05, 3.63) is 51.9 Å². The smallest absolute Gasteiger partial charge is 0.254 e. The van der Waals surface area contributed by atoms with E-state index in [1.165, 1.54) is 22.3 Å². The third-order valence-corrected chi connectivity index (χ3v) is 5.98. The summed E-state index contributed by atoms with van der Waals surface area (Å²) in [5, 5.41) is 6.41. The Hall–Kier alpha value is -2.64. The lowest BCUT2D eigenvalue weighted by atomic mass is 9.95. The van der Waals surface area contributed by atoms with E-state index in [1.54, 1.807) is 20.3 Å². The van der Waals surface area contributed by atoms with Gasteiger partial charge in [0.15, 0.2) is 0 Å². The molecule has 2 aromatic rings. The van der Waals surface area contributed by atoms with Crippen LogP contribution in [0.4, 0.5) is 5.00 Å². The molecule has 0 atom stereocenters. The first-order valence-corrected chi connectivity index (χ1v) is 10.5. The van der Waals surface area contributed by atoms with Gasteiger partial charge in [-0.15, -0.1) is 11.3 Å². The number of hydrogen-bond donors (Lipinski definition) is 2. The predicted octanol–water partition coefficient (Wildman–Crippen LogP) is 3.66. The van der Waals surface area contributed by atoms with Crippen molar-refractivity contribution in [2.75, 3.05) is 32.7 Å². The van der Waals surface area contributed by atoms with E-state index in [2.05, 4.69) is 10.6 Å². The number of amides is 2. The zero-order valence-corrected chi connectivity index (χ0v) is 17.6. The highest BCUT2D eigenvalue weighted by Gasteiger charge is 2.25. The lowest BCUT2D eigenvalue weighted by Crippen LogP contribution is -2.28. The number of ether oxygens (including phenoxy) is 2. The van der Waals surface area contributed by atoms with Gasteiger partial charge in [0.05, 0.1) is 19.3 Å². The van der Waals surface area contributed by atoms with Crippen molar-refractivity contribution in [3.8, 4) is 5.75 Å². The fourth-order valence-electron chi connectivity index (χ4n) is 3.29. The molecule has 154 valence electrons. The van der Waals surface area contributed by atoms with Gasteiger partial charge in [-0.3, -0.25) is 9.59 Å². The van der Waals surface area contributed by atoms with E-state index in [4.69, 9.17) is 9.47 Å². The zero-order chi connectivity index (χ0) is 20.6. The number of thiophene rings is 1. The maximum Gasteiger partial charge on any atom is 0.254 e. The fourth-order valence-corrected chi connectivity index (χ4v) is 4.58. The quantitative estimate of drug-likeness (QED) is 0.511. The normalized spacial score (nSPS) is 13.2. The van der Waals surface area contributed by atoms with E-state index >= 15 is 0 Å². The van der Waals surface area contributed by atoms with E-state index in [-0.39, 0.29) is 11.8 Å². The molecule has 0 fully saturated rings. The molecule has 0 bridgehead atoms. The molecule has 0 spiro atoms. The number of carbonyl (C=O) groups is 2. The van der Waals surface area contributed by atoms with Crippen molar-refractivity contribution in [3.63, 3.8) is 0 Å². The van der Waals surface area contributed by atoms with Gasteiger partial charge in [0.2, 0.25) is 5.91 Å². The lowest BCUT2D eigenvalue weighted by molar-refractivity contribution is -0.111. The number of aryl methyl sites for hydroxylation is 1. The van der Waals surface area contributed by atoms with E-state index in [0.717, 1.165) is 42.6 Å². The molecule has 0 aliphatic heterocycles.